The van der Waals surface area contributed by atoms with Crippen molar-refractivity contribution in [1.82, 2.24) is 9.88 Å². The van der Waals surface area contributed by atoms with Crippen LogP contribution in [-0.2, 0) is 11.2 Å². The monoisotopic (exact) mass is 324 g/mol. The first-order chi connectivity index (χ1) is 11.7. The fraction of sp³-hybridized carbons (Fsp3) is 0.400. The molecule has 1 aromatic carbocycles. The van der Waals surface area contributed by atoms with Crippen LogP contribution in [0.4, 0.5) is 0 Å². The molecular formula is C20H24N2O2. The van der Waals surface area contributed by atoms with Gasteiger partial charge in [0.05, 0.1) is 13.0 Å². The van der Waals surface area contributed by atoms with Crippen LogP contribution < -0.4 is 4.74 Å². The summed E-state index contributed by atoms with van der Waals surface area (Å²) in [6.45, 7) is 4.36. The van der Waals surface area contributed by atoms with E-state index in [4.69, 9.17) is 4.74 Å². The molecule has 3 rings (SSSR count). The summed E-state index contributed by atoms with van der Waals surface area (Å²) in [5.41, 5.74) is 2.20. The predicted molar refractivity (Wildman–Crippen MR) is 93.9 cm³/mol. The van der Waals surface area contributed by atoms with E-state index in [2.05, 4.69) is 24.0 Å². The maximum atomic E-state index is 12.5. The minimum absolute atomic E-state index is 0.183. The molecule has 4 heteroatoms. The molecule has 2 heterocycles. The molecule has 1 unspecified atom stereocenters. The topological polar surface area (TPSA) is 42.4 Å². The van der Waals surface area contributed by atoms with Crippen LogP contribution in [0.15, 0.2) is 48.8 Å². The van der Waals surface area contributed by atoms with Gasteiger partial charge in [-0.05, 0) is 43.5 Å². The number of piperidine rings is 1. The summed E-state index contributed by atoms with van der Waals surface area (Å²) in [7, 11) is 0. The third-order valence-corrected chi connectivity index (χ3v) is 4.46. The van der Waals surface area contributed by atoms with Gasteiger partial charge in [0, 0.05) is 31.4 Å². The minimum Gasteiger partial charge on any atom is -0.493 e. The molecule has 0 saturated carbocycles. The average molecular weight is 324 g/mol. The molecule has 1 amide bonds. The van der Waals surface area contributed by atoms with E-state index >= 15 is 0 Å². The molecule has 1 saturated heterocycles. The number of hydrogen-bond acceptors (Lipinski definition) is 3. The van der Waals surface area contributed by atoms with Crippen LogP contribution in [0.1, 0.15) is 24.0 Å². The molecule has 24 heavy (non-hydrogen) atoms. The Morgan fingerprint density at radius 3 is 2.88 bits per heavy atom. The Morgan fingerprint density at radius 1 is 1.29 bits per heavy atom. The van der Waals surface area contributed by atoms with Crippen LogP contribution in [0.2, 0.25) is 0 Å². The van der Waals surface area contributed by atoms with Gasteiger partial charge in [-0.15, -0.1) is 0 Å². The van der Waals surface area contributed by atoms with Gasteiger partial charge in [0.2, 0.25) is 5.91 Å². The fourth-order valence-electron chi connectivity index (χ4n) is 3.07. The zero-order valence-electron chi connectivity index (χ0n) is 14.1. The van der Waals surface area contributed by atoms with Gasteiger partial charge in [-0.3, -0.25) is 9.78 Å². The molecule has 0 radical (unpaired) electrons. The number of amides is 1. The number of ether oxygens (including phenoxy) is 1. The smallest absolute Gasteiger partial charge is 0.227 e. The number of benzene rings is 1. The average Bonchev–Trinajstić information content (AvgIpc) is 2.62. The number of carbonyl (C=O) groups excluding carboxylic acids is 1. The molecule has 1 aliphatic heterocycles. The second-order valence-corrected chi connectivity index (χ2v) is 6.51. The van der Waals surface area contributed by atoms with Crippen LogP contribution >= 0.6 is 0 Å². The van der Waals surface area contributed by atoms with E-state index in [9.17, 15) is 4.79 Å². The van der Waals surface area contributed by atoms with E-state index in [1.807, 2.05) is 29.2 Å². The molecule has 126 valence electrons. The lowest BCUT2D eigenvalue weighted by Crippen LogP contribution is -2.42. The summed E-state index contributed by atoms with van der Waals surface area (Å²) in [5.74, 6) is 1.49. The number of pyridine rings is 1. The molecule has 1 aliphatic rings. The van der Waals surface area contributed by atoms with Gasteiger partial charge in [0.25, 0.3) is 0 Å². The second-order valence-electron chi connectivity index (χ2n) is 6.51. The van der Waals surface area contributed by atoms with Crippen LogP contribution in [-0.4, -0.2) is 35.5 Å². The highest BCUT2D eigenvalue weighted by Gasteiger charge is 2.24. The first-order valence-electron chi connectivity index (χ1n) is 8.57. The Kier molecular flexibility index (Phi) is 5.47. The van der Waals surface area contributed by atoms with Crippen molar-refractivity contribution in [3.05, 3.63) is 59.9 Å². The molecule has 1 atom stereocenters. The first-order valence-corrected chi connectivity index (χ1v) is 8.57. The van der Waals surface area contributed by atoms with Crippen LogP contribution in [0, 0.1) is 12.8 Å². The van der Waals surface area contributed by atoms with Gasteiger partial charge < -0.3 is 9.64 Å². The van der Waals surface area contributed by atoms with Gasteiger partial charge in [0.1, 0.15) is 5.75 Å². The van der Waals surface area contributed by atoms with Crippen molar-refractivity contribution in [3.8, 4) is 5.75 Å². The first kappa shape index (κ1) is 16.5. The quantitative estimate of drug-likeness (QED) is 0.848. The van der Waals surface area contributed by atoms with E-state index in [1.54, 1.807) is 12.4 Å². The largest absolute Gasteiger partial charge is 0.493 e. The molecule has 1 aromatic heterocycles. The highest BCUT2D eigenvalue weighted by molar-refractivity contribution is 5.78. The number of rotatable bonds is 5. The normalized spacial score (nSPS) is 17.5. The summed E-state index contributed by atoms with van der Waals surface area (Å²) < 4.78 is 5.90. The Labute approximate surface area is 143 Å². The zero-order chi connectivity index (χ0) is 16.8. The van der Waals surface area contributed by atoms with Crippen molar-refractivity contribution in [3.63, 3.8) is 0 Å². The van der Waals surface area contributed by atoms with Crippen molar-refractivity contribution >= 4 is 5.91 Å². The number of aromatic nitrogens is 1. The van der Waals surface area contributed by atoms with Crippen molar-refractivity contribution in [2.75, 3.05) is 19.7 Å². The van der Waals surface area contributed by atoms with E-state index in [1.165, 1.54) is 5.56 Å². The number of hydrogen-bond donors (Lipinski definition) is 0. The van der Waals surface area contributed by atoms with E-state index < -0.39 is 0 Å². The Balaban J connectivity index is 1.50. The van der Waals surface area contributed by atoms with Gasteiger partial charge in [-0.1, -0.05) is 23.8 Å². The van der Waals surface area contributed by atoms with Gasteiger partial charge in [-0.2, -0.15) is 0 Å². The third kappa shape index (κ3) is 4.57. The molecule has 0 spiro atoms. The van der Waals surface area contributed by atoms with E-state index in [0.717, 1.165) is 37.2 Å². The van der Waals surface area contributed by atoms with Crippen molar-refractivity contribution in [1.29, 1.82) is 0 Å². The van der Waals surface area contributed by atoms with Crippen molar-refractivity contribution in [2.45, 2.75) is 26.2 Å². The third-order valence-electron chi connectivity index (χ3n) is 4.46. The molecule has 0 bridgehead atoms. The molecule has 0 aliphatic carbocycles. The number of aryl methyl sites for hydroxylation is 1. The summed E-state index contributed by atoms with van der Waals surface area (Å²) in [5, 5.41) is 0. The summed E-state index contributed by atoms with van der Waals surface area (Å²) in [6, 6.07) is 11.9. The van der Waals surface area contributed by atoms with Crippen molar-refractivity contribution < 1.29 is 9.53 Å². The molecule has 1 fully saturated rings. The molecule has 0 N–H and O–H groups in total. The number of carbonyl (C=O) groups is 1. The molecule has 4 nitrogen and oxygen atoms in total. The highest BCUT2D eigenvalue weighted by atomic mass is 16.5. The number of nitrogens with zero attached hydrogens (tertiary/aromatic N) is 2. The summed E-state index contributed by atoms with van der Waals surface area (Å²) >= 11 is 0. The standard InChI is InChI=1S/C20H24N2O2/c1-16-6-8-19(9-7-16)24-15-18-5-3-11-22(14-18)20(23)12-17-4-2-10-21-13-17/h2,4,6-10,13,18H,3,5,11-12,14-15H2,1H3. The van der Waals surface area contributed by atoms with Crippen LogP contribution in [0.3, 0.4) is 0 Å². The summed E-state index contributed by atoms with van der Waals surface area (Å²) in [6.07, 6.45) is 6.08. The fourth-order valence-corrected chi connectivity index (χ4v) is 3.07. The molecule has 2 aromatic rings. The Hall–Kier alpha value is -2.36. The van der Waals surface area contributed by atoms with E-state index in [0.29, 0.717) is 18.9 Å². The summed E-state index contributed by atoms with van der Waals surface area (Å²) in [4.78, 5) is 18.5. The highest BCUT2D eigenvalue weighted by Crippen LogP contribution is 2.20. The van der Waals surface area contributed by atoms with Crippen LogP contribution in [0.5, 0.6) is 5.75 Å². The lowest BCUT2D eigenvalue weighted by Gasteiger charge is -2.32. The van der Waals surface area contributed by atoms with Crippen molar-refractivity contribution in [2.24, 2.45) is 5.92 Å². The number of likely N-dealkylation sites (tertiary alicyclic amines) is 1. The molecular weight excluding hydrogens is 300 g/mol. The van der Waals surface area contributed by atoms with E-state index in [-0.39, 0.29) is 5.91 Å². The van der Waals surface area contributed by atoms with Gasteiger partial charge in [-0.25, -0.2) is 0 Å². The van der Waals surface area contributed by atoms with Crippen LogP contribution in [0.25, 0.3) is 0 Å². The Bertz CT molecular complexity index is 655. The van der Waals surface area contributed by atoms with Gasteiger partial charge in [0.15, 0.2) is 0 Å². The minimum atomic E-state index is 0.183. The SMILES string of the molecule is Cc1ccc(OCC2CCCN(C(=O)Cc3cccnc3)C2)cc1. The Morgan fingerprint density at radius 2 is 2.12 bits per heavy atom. The predicted octanol–water partition coefficient (Wildman–Crippen LogP) is 3.25. The lowest BCUT2D eigenvalue weighted by molar-refractivity contribution is -0.132. The maximum absolute atomic E-state index is 12.5. The lowest BCUT2D eigenvalue weighted by atomic mass is 9.98. The van der Waals surface area contributed by atoms with Gasteiger partial charge >= 0.3 is 0 Å². The zero-order valence-corrected chi connectivity index (χ0v) is 14.1. The maximum Gasteiger partial charge on any atom is 0.227 e. The second kappa shape index (κ2) is 7.95.